The van der Waals surface area contributed by atoms with Crippen molar-refractivity contribution in [3.05, 3.63) is 102 Å². The number of aliphatic hydroxyl groups excluding tert-OH is 3. The molecule has 3 aromatic rings. The van der Waals surface area contributed by atoms with Crippen LogP contribution in [0.15, 0.2) is 85.1 Å². The van der Waals surface area contributed by atoms with Gasteiger partial charge < -0.3 is 66.2 Å². The summed E-state index contributed by atoms with van der Waals surface area (Å²) in [6.45, 7) is 6.45. The third kappa shape index (κ3) is 26.0. The summed E-state index contributed by atoms with van der Waals surface area (Å²) in [6, 6.07) is 18.5. The summed E-state index contributed by atoms with van der Waals surface area (Å²) in [5, 5.41) is 38.6. The summed E-state index contributed by atoms with van der Waals surface area (Å²) in [7, 11) is 0. The lowest BCUT2D eigenvalue weighted by Crippen LogP contribution is -2.50. The van der Waals surface area contributed by atoms with Crippen LogP contribution < -0.4 is 26.7 Å². The van der Waals surface area contributed by atoms with Crippen molar-refractivity contribution in [1.29, 1.82) is 0 Å². The summed E-state index contributed by atoms with van der Waals surface area (Å²) < 4.78 is 29.7. The predicted molar refractivity (Wildman–Crippen MR) is 383 cm³/mol. The number of primary amides is 3. The van der Waals surface area contributed by atoms with Crippen molar-refractivity contribution in [3.8, 4) is 17.2 Å². The lowest BCUT2D eigenvalue weighted by molar-refractivity contribution is -0.156. The molecule has 0 spiro atoms. The topological polar surface area (TPSA) is 368 Å². The first-order valence-corrected chi connectivity index (χ1v) is 37.7. The van der Waals surface area contributed by atoms with Gasteiger partial charge in [0.05, 0.1) is 16.7 Å². The molecule has 0 aromatic heterocycles. The van der Waals surface area contributed by atoms with Crippen molar-refractivity contribution < 1.29 is 87.3 Å². The van der Waals surface area contributed by atoms with E-state index in [9.17, 15) is 63.6 Å². The zero-order valence-corrected chi connectivity index (χ0v) is 60.3. The summed E-state index contributed by atoms with van der Waals surface area (Å²) in [6.07, 6.45) is 26.4. The van der Waals surface area contributed by atoms with Crippen LogP contribution in [-0.2, 0) is 43.0 Å². The first-order valence-electron chi connectivity index (χ1n) is 37.7. The van der Waals surface area contributed by atoms with E-state index in [1.165, 1.54) is 17.0 Å². The molecule has 2 saturated heterocycles. The standard InChI is InChI=1S/3C26H38N2O6/c2*1-2-3-4-6-11-18(12-7-5-8-14-21(29)24(27)30)33-26(32)20-16-17-23-28(20)25(31)19-13-9-10-15-22(19)34-23;1-2-3-4-6-12-19(13-7-5-8-17-23(30)24(27)31)34-26(33)21-15-11-18-28(21)25(32)20-14-9-10-16-22(20)29/h2*9-10,13,15,18,20-21,23,29H,2-8,11-12,14,16-17H2,1H3,(H2,27,30);9-11,14,16,18-19,21,23,29-30H,2-8,12-13,15,17H2,1H3,(H2,27,31)/t18-,20+,21-,23+;18-,20+,21-,23-;19-,21+,23-/m111/s1. The molecule has 11 atom stereocenters. The number of phenolic OH excluding ortho intramolecular Hbond substituents is 1. The highest BCUT2D eigenvalue weighted by molar-refractivity contribution is 6.02. The minimum Gasteiger partial charge on any atom is -0.507 e. The molecule has 564 valence electrons. The molecule has 5 aliphatic heterocycles. The monoisotopic (exact) mass is 1420 g/mol. The number of nitrogens with two attached hydrogens (primary N) is 3. The number of nitrogens with zero attached hydrogens (tertiary/aromatic N) is 3. The number of hydrogen-bond donors (Lipinski definition) is 7. The van der Waals surface area contributed by atoms with Crippen LogP contribution in [0.1, 0.15) is 277 Å². The van der Waals surface area contributed by atoms with Gasteiger partial charge in [0.25, 0.3) is 17.7 Å². The highest BCUT2D eigenvalue weighted by atomic mass is 16.6. The summed E-state index contributed by atoms with van der Waals surface area (Å²) in [5.74, 6) is -3.07. The maximum absolute atomic E-state index is 13.2. The van der Waals surface area contributed by atoms with E-state index in [0.29, 0.717) is 113 Å². The molecule has 3 aromatic carbocycles. The smallest absolute Gasteiger partial charge is 0.329 e. The number of phenols is 1. The second-order valence-electron chi connectivity index (χ2n) is 27.5. The molecule has 0 radical (unpaired) electrons. The molecule has 0 bridgehead atoms. The molecular weight excluding hydrogens is 1310 g/mol. The number of amides is 6. The Morgan fingerprint density at radius 2 is 0.765 bits per heavy atom. The first kappa shape index (κ1) is 82.9. The third-order valence-corrected chi connectivity index (χ3v) is 19.5. The van der Waals surface area contributed by atoms with Gasteiger partial charge in [0, 0.05) is 19.0 Å². The van der Waals surface area contributed by atoms with Crippen molar-refractivity contribution in [3.63, 3.8) is 0 Å². The molecule has 24 nitrogen and oxygen atoms in total. The Bertz CT molecular complexity index is 3050. The quantitative estimate of drug-likeness (QED) is 0.0157. The number of hydrogen-bond acceptors (Lipinski definition) is 18. The van der Waals surface area contributed by atoms with Crippen LogP contribution in [0.2, 0.25) is 0 Å². The Hall–Kier alpha value is -8.09. The van der Waals surface area contributed by atoms with Gasteiger partial charge in [-0.05, 0) is 152 Å². The van der Waals surface area contributed by atoms with Crippen molar-refractivity contribution in [2.45, 2.75) is 313 Å². The van der Waals surface area contributed by atoms with Gasteiger partial charge >= 0.3 is 17.9 Å². The molecule has 5 aliphatic rings. The van der Waals surface area contributed by atoms with Crippen LogP contribution in [0.4, 0.5) is 0 Å². The van der Waals surface area contributed by atoms with Crippen LogP contribution in [0.25, 0.3) is 0 Å². The van der Waals surface area contributed by atoms with Crippen LogP contribution >= 0.6 is 0 Å². The number of benzene rings is 3. The number of para-hydroxylation sites is 3. The number of fused-ring (bicyclic) bond motifs is 4. The van der Waals surface area contributed by atoms with Crippen LogP contribution in [0.3, 0.4) is 0 Å². The largest absolute Gasteiger partial charge is 0.507 e. The molecule has 0 unspecified atom stereocenters. The van der Waals surface area contributed by atoms with Crippen molar-refractivity contribution in [1.82, 2.24) is 14.7 Å². The zero-order chi connectivity index (χ0) is 73.9. The summed E-state index contributed by atoms with van der Waals surface area (Å²) in [4.78, 5) is 116. The van der Waals surface area contributed by atoms with Crippen molar-refractivity contribution >= 4 is 53.4 Å². The Kier molecular flexibility index (Phi) is 36.1. The minimum atomic E-state index is -1.12. The zero-order valence-electron chi connectivity index (χ0n) is 60.3. The molecule has 8 rings (SSSR count). The van der Waals surface area contributed by atoms with Gasteiger partial charge in [-0.3, -0.25) is 38.6 Å². The van der Waals surface area contributed by atoms with E-state index in [2.05, 4.69) is 20.8 Å². The number of unbranched alkanes of at least 4 members (excludes halogenated alkanes) is 15. The summed E-state index contributed by atoms with van der Waals surface area (Å²) in [5.41, 5.74) is 16.4. The van der Waals surface area contributed by atoms with E-state index in [4.69, 9.17) is 40.9 Å². The fourth-order valence-corrected chi connectivity index (χ4v) is 13.6. The molecule has 10 N–H and O–H groups in total. The Morgan fingerprint density at radius 1 is 0.441 bits per heavy atom. The minimum absolute atomic E-state index is 0.129. The highest BCUT2D eigenvalue weighted by Gasteiger charge is 2.49. The average Bonchev–Trinajstić information content (AvgIpc) is 1.69. The molecule has 0 aliphatic carbocycles. The Labute approximate surface area is 601 Å². The van der Waals surface area contributed by atoms with Crippen molar-refractivity contribution in [2.24, 2.45) is 17.2 Å². The highest BCUT2D eigenvalue weighted by Crippen LogP contribution is 2.39. The van der Waals surface area contributed by atoms with E-state index in [1.54, 1.807) is 70.6 Å². The fraction of sp³-hybridized carbons (Fsp3) is 0.628. The van der Waals surface area contributed by atoms with E-state index >= 15 is 0 Å². The maximum Gasteiger partial charge on any atom is 0.329 e. The van der Waals surface area contributed by atoms with Crippen LogP contribution in [-0.4, -0.2) is 156 Å². The molecule has 2 fully saturated rings. The molecule has 5 heterocycles. The molecule has 0 saturated carbocycles. The summed E-state index contributed by atoms with van der Waals surface area (Å²) >= 11 is 0. The normalized spacial score (nSPS) is 19.5. The predicted octanol–water partition coefficient (Wildman–Crippen LogP) is 11.2. The van der Waals surface area contributed by atoms with Gasteiger partial charge in [-0.25, -0.2) is 14.4 Å². The molecule has 24 heteroatoms. The number of rotatable bonds is 43. The number of ether oxygens (including phenoxy) is 5. The van der Waals surface area contributed by atoms with Gasteiger partial charge in [0.15, 0.2) is 12.5 Å². The van der Waals surface area contributed by atoms with Gasteiger partial charge in [-0.15, -0.1) is 0 Å². The van der Waals surface area contributed by atoms with E-state index in [0.717, 1.165) is 135 Å². The molecule has 102 heavy (non-hydrogen) atoms. The first-order chi connectivity index (χ1) is 49.2. The van der Waals surface area contributed by atoms with Crippen LogP contribution in [0.5, 0.6) is 17.2 Å². The van der Waals surface area contributed by atoms with E-state index in [-0.39, 0.29) is 53.4 Å². The maximum atomic E-state index is 13.2. The number of aromatic hydroxyl groups is 1. The van der Waals surface area contributed by atoms with Gasteiger partial charge in [0.2, 0.25) is 17.7 Å². The van der Waals surface area contributed by atoms with E-state index in [1.807, 2.05) is 12.1 Å². The average molecular weight is 1420 g/mol. The third-order valence-electron chi connectivity index (χ3n) is 19.5. The number of aliphatic hydroxyl groups is 3. The van der Waals surface area contributed by atoms with Gasteiger partial charge in [-0.2, -0.15) is 0 Å². The van der Waals surface area contributed by atoms with Crippen molar-refractivity contribution in [2.75, 3.05) is 0 Å². The molecule has 6 amide bonds. The van der Waals surface area contributed by atoms with Gasteiger partial charge in [0.1, 0.15) is 72.0 Å². The SMILES string of the molecule is CCCCCC[C@H](CCCCC[C@@H](O)C(N)=O)OC(=O)[C@@H]1CC=CN1C(=O)c1ccccc1O.CCCCCC[C@H](CCCCC[C@@H](O)C(N)=O)OC(=O)[C@@H]1CC[C@@H]2Oc3ccccc3C(=O)N21.CCCCCC[C@H](CCCCC[C@@H](O)C(N)=O)OC(=O)[C@@H]1CC[C@H]2Oc3ccccc3C(=O)N21. The second kappa shape index (κ2) is 44.4. The van der Waals surface area contributed by atoms with E-state index < -0.39 is 78.5 Å². The number of carbonyl (C=O) groups excluding carboxylic acids is 9. The van der Waals surface area contributed by atoms with Gasteiger partial charge in [-0.1, -0.05) is 160 Å². The lowest BCUT2D eigenvalue weighted by atomic mass is 10.0. The Balaban J connectivity index is 0.000000241. The lowest BCUT2D eigenvalue weighted by Gasteiger charge is -2.34. The fourth-order valence-electron chi connectivity index (χ4n) is 13.6. The Morgan fingerprint density at radius 3 is 1.12 bits per heavy atom. The number of carbonyl (C=O) groups is 9. The van der Waals surface area contributed by atoms with Crippen LogP contribution in [0, 0.1) is 0 Å². The molecular formula is C78H114N6O18. The number of esters is 3. The second-order valence-corrected chi connectivity index (χ2v) is 27.5.